The first kappa shape index (κ1) is 14.0. The van der Waals surface area contributed by atoms with Gasteiger partial charge in [0, 0.05) is 17.1 Å². The van der Waals surface area contributed by atoms with Crippen molar-refractivity contribution in [2.75, 3.05) is 11.1 Å². The molecule has 1 aromatic heterocycles. The Balaban J connectivity index is 1.92. The van der Waals surface area contributed by atoms with E-state index in [1.54, 1.807) is 0 Å². The van der Waals surface area contributed by atoms with E-state index in [9.17, 15) is 13.6 Å². The Kier molecular flexibility index (Phi) is 4.49. The predicted octanol–water partition coefficient (Wildman–Crippen LogP) is 3.46. The number of halogens is 2. The summed E-state index contributed by atoms with van der Waals surface area (Å²) in [6.07, 6.45) is 0. The number of nitrogens with one attached hydrogen (secondary N) is 1. The van der Waals surface area contributed by atoms with Crippen LogP contribution in [-0.4, -0.2) is 16.6 Å². The number of hydrogen-bond donors (Lipinski definition) is 1. The molecule has 1 aromatic carbocycles. The van der Waals surface area contributed by atoms with Crippen LogP contribution in [0.25, 0.3) is 0 Å². The lowest BCUT2D eigenvalue weighted by atomic mass is 10.3. The Bertz CT molecular complexity index is 601. The van der Waals surface area contributed by atoms with Crippen molar-refractivity contribution in [3.05, 3.63) is 40.9 Å². The molecule has 0 aliphatic heterocycles. The molecule has 0 saturated heterocycles. The van der Waals surface area contributed by atoms with Crippen LogP contribution in [0.5, 0.6) is 0 Å². The fourth-order valence-corrected chi connectivity index (χ4v) is 2.95. The molecule has 7 heteroatoms. The quantitative estimate of drug-likeness (QED) is 0.879. The van der Waals surface area contributed by atoms with Crippen LogP contribution in [0.3, 0.4) is 0 Å². The normalized spacial score (nSPS) is 10.5. The molecular formula is C12H10F2N2OS2. The van der Waals surface area contributed by atoms with Crippen molar-refractivity contribution in [1.29, 1.82) is 0 Å². The zero-order valence-corrected chi connectivity index (χ0v) is 11.6. The second kappa shape index (κ2) is 6.12. The van der Waals surface area contributed by atoms with Crippen molar-refractivity contribution < 1.29 is 13.6 Å². The standard InChI is InChI=1S/C12H10F2N2OS2/c1-7-5-18-12(15-7)19-6-11(17)16-10-4-8(13)2-3-9(10)14/h2-5H,6H2,1H3,(H,16,17). The molecule has 0 saturated carbocycles. The second-order valence-corrected chi connectivity index (χ2v) is 5.80. The highest BCUT2D eigenvalue weighted by molar-refractivity contribution is 8.01. The number of aromatic nitrogens is 1. The van der Waals surface area contributed by atoms with Crippen LogP contribution in [0, 0.1) is 18.6 Å². The molecule has 0 fully saturated rings. The smallest absolute Gasteiger partial charge is 0.234 e. The first-order chi connectivity index (χ1) is 9.04. The SMILES string of the molecule is Cc1csc(SCC(=O)Nc2cc(F)ccc2F)n1. The van der Waals surface area contributed by atoms with Gasteiger partial charge < -0.3 is 5.32 Å². The summed E-state index contributed by atoms with van der Waals surface area (Å²) in [5.41, 5.74) is 0.741. The number of amides is 1. The number of benzene rings is 1. The molecule has 0 spiro atoms. The lowest BCUT2D eigenvalue weighted by molar-refractivity contribution is -0.113. The zero-order chi connectivity index (χ0) is 13.8. The highest BCUT2D eigenvalue weighted by atomic mass is 32.2. The molecule has 1 heterocycles. The molecule has 1 amide bonds. The number of anilines is 1. The summed E-state index contributed by atoms with van der Waals surface area (Å²) < 4.78 is 27.0. The van der Waals surface area contributed by atoms with Gasteiger partial charge in [0.1, 0.15) is 11.6 Å². The number of nitrogens with zero attached hydrogens (tertiary/aromatic N) is 1. The molecule has 1 N–H and O–H groups in total. The van der Waals surface area contributed by atoms with Crippen LogP contribution < -0.4 is 5.32 Å². The van der Waals surface area contributed by atoms with Gasteiger partial charge in [0.05, 0.1) is 11.4 Å². The number of thiazole rings is 1. The minimum Gasteiger partial charge on any atom is -0.323 e. The molecule has 0 atom stereocenters. The molecule has 2 aromatic rings. The number of aryl methyl sites for hydroxylation is 1. The van der Waals surface area contributed by atoms with E-state index in [1.165, 1.54) is 23.1 Å². The average molecular weight is 300 g/mol. The maximum Gasteiger partial charge on any atom is 0.234 e. The summed E-state index contributed by atoms with van der Waals surface area (Å²) in [5.74, 6) is -1.56. The predicted molar refractivity (Wildman–Crippen MR) is 72.6 cm³/mol. The van der Waals surface area contributed by atoms with E-state index in [0.717, 1.165) is 28.2 Å². The summed E-state index contributed by atoms with van der Waals surface area (Å²) in [7, 11) is 0. The van der Waals surface area contributed by atoms with Crippen LogP contribution in [0.4, 0.5) is 14.5 Å². The molecule has 0 radical (unpaired) electrons. The van der Waals surface area contributed by atoms with Gasteiger partial charge >= 0.3 is 0 Å². The summed E-state index contributed by atoms with van der Waals surface area (Å²) in [6.45, 7) is 1.86. The van der Waals surface area contributed by atoms with Gasteiger partial charge in [-0.1, -0.05) is 11.8 Å². The monoisotopic (exact) mass is 300 g/mol. The molecule has 0 aliphatic carbocycles. The van der Waals surface area contributed by atoms with E-state index in [0.29, 0.717) is 0 Å². The fourth-order valence-electron chi connectivity index (χ4n) is 1.31. The zero-order valence-electron chi connectivity index (χ0n) is 9.94. The lowest BCUT2D eigenvalue weighted by Gasteiger charge is -2.05. The third kappa shape index (κ3) is 4.00. The van der Waals surface area contributed by atoms with Crippen molar-refractivity contribution in [2.45, 2.75) is 11.3 Å². The van der Waals surface area contributed by atoms with E-state index in [1.807, 2.05) is 12.3 Å². The number of hydrogen-bond acceptors (Lipinski definition) is 4. The molecular weight excluding hydrogens is 290 g/mol. The van der Waals surface area contributed by atoms with Gasteiger partial charge in [0.25, 0.3) is 0 Å². The Morgan fingerprint density at radius 3 is 2.95 bits per heavy atom. The van der Waals surface area contributed by atoms with E-state index in [4.69, 9.17) is 0 Å². The molecule has 2 rings (SSSR count). The summed E-state index contributed by atoms with van der Waals surface area (Å²) in [4.78, 5) is 15.8. The van der Waals surface area contributed by atoms with Crippen LogP contribution >= 0.6 is 23.1 Å². The summed E-state index contributed by atoms with van der Waals surface area (Å²) in [6, 6.07) is 2.92. The number of carbonyl (C=O) groups excluding carboxylic acids is 1. The van der Waals surface area contributed by atoms with Crippen LogP contribution in [0.2, 0.25) is 0 Å². The highest BCUT2D eigenvalue weighted by Gasteiger charge is 2.09. The largest absolute Gasteiger partial charge is 0.323 e. The van der Waals surface area contributed by atoms with Crippen molar-refractivity contribution in [1.82, 2.24) is 4.98 Å². The third-order valence-corrected chi connectivity index (χ3v) is 4.27. The first-order valence-corrected chi connectivity index (χ1v) is 7.21. The summed E-state index contributed by atoms with van der Waals surface area (Å²) >= 11 is 2.70. The Labute approximate surface area is 117 Å². The maximum absolute atomic E-state index is 13.3. The van der Waals surface area contributed by atoms with Crippen LogP contribution in [0.15, 0.2) is 27.9 Å². The molecule has 19 heavy (non-hydrogen) atoms. The van der Waals surface area contributed by atoms with Crippen molar-refractivity contribution in [2.24, 2.45) is 0 Å². The van der Waals surface area contributed by atoms with Gasteiger partial charge in [-0.25, -0.2) is 13.8 Å². The number of thioether (sulfide) groups is 1. The van der Waals surface area contributed by atoms with Gasteiger partial charge in [-0.15, -0.1) is 11.3 Å². The maximum atomic E-state index is 13.3. The number of rotatable bonds is 4. The molecule has 0 unspecified atom stereocenters. The van der Waals surface area contributed by atoms with Crippen molar-refractivity contribution in [3.8, 4) is 0 Å². The van der Waals surface area contributed by atoms with E-state index >= 15 is 0 Å². The molecule has 100 valence electrons. The minimum absolute atomic E-state index is 0.100. The van der Waals surface area contributed by atoms with Gasteiger partial charge in [-0.05, 0) is 19.1 Å². The minimum atomic E-state index is -0.662. The molecule has 3 nitrogen and oxygen atoms in total. The average Bonchev–Trinajstić information content (AvgIpc) is 2.77. The van der Waals surface area contributed by atoms with Gasteiger partial charge in [-0.2, -0.15) is 0 Å². The second-order valence-electron chi connectivity index (χ2n) is 3.72. The van der Waals surface area contributed by atoms with Gasteiger partial charge in [0.2, 0.25) is 5.91 Å². The first-order valence-electron chi connectivity index (χ1n) is 5.34. The fraction of sp³-hybridized carbons (Fsp3) is 0.167. The number of carbonyl (C=O) groups is 1. The topological polar surface area (TPSA) is 42.0 Å². The van der Waals surface area contributed by atoms with E-state index in [-0.39, 0.29) is 11.4 Å². The molecule has 0 aliphatic rings. The third-order valence-electron chi connectivity index (χ3n) is 2.13. The Morgan fingerprint density at radius 1 is 1.47 bits per heavy atom. The van der Waals surface area contributed by atoms with E-state index < -0.39 is 17.5 Å². The lowest BCUT2D eigenvalue weighted by Crippen LogP contribution is -2.15. The highest BCUT2D eigenvalue weighted by Crippen LogP contribution is 2.22. The molecule has 0 bridgehead atoms. The Hall–Kier alpha value is -1.47. The van der Waals surface area contributed by atoms with E-state index in [2.05, 4.69) is 10.3 Å². The summed E-state index contributed by atoms with van der Waals surface area (Å²) in [5, 5.41) is 4.21. The van der Waals surface area contributed by atoms with Crippen molar-refractivity contribution >= 4 is 34.7 Å². The van der Waals surface area contributed by atoms with Gasteiger partial charge in [-0.3, -0.25) is 4.79 Å². The Morgan fingerprint density at radius 2 is 2.26 bits per heavy atom. The van der Waals surface area contributed by atoms with Crippen molar-refractivity contribution in [3.63, 3.8) is 0 Å². The van der Waals surface area contributed by atoms with Crippen LogP contribution in [-0.2, 0) is 4.79 Å². The van der Waals surface area contributed by atoms with Gasteiger partial charge in [0.15, 0.2) is 4.34 Å². The van der Waals surface area contributed by atoms with Crippen LogP contribution in [0.1, 0.15) is 5.69 Å².